The van der Waals surface area contributed by atoms with E-state index in [2.05, 4.69) is 6.92 Å². The Morgan fingerprint density at radius 1 is 1.00 bits per heavy atom. The second kappa shape index (κ2) is 12.5. The molecule has 1 aromatic carbocycles. The molecule has 0 N–H and O–H groups in total. The number of nitrogens with zero attached hydrogens (tertiary/aromatic N) is 3. The summed E-state index contributed by atoms with van der Waals surface area (Å²) >= 11 is 0. The number of fused-ring (bicyclic) bond motifs is 1. The zero-order chi connectivity index (χ0) is 22.8. The van der Waals surface area contributed by atoms with Gasteiger partial charge in [0.25, 0.3) is 0 Å². The summed E-state index contributed by atoms with van der Waals surface area (Å²) < 4.78 is 10.8. The highest BCUT2D eigenvalue weighted by Gasteiger charge is 2.25. The van der Waals surface area contributed by atoms with Crippen molar-refractivity contribution in [2.45, 2.75) is 52.0 Å². The second-order valence-electron chi connectivity index (χ2n) is 8.47. The molecule has 1 aromatic rings. The number of unbranched alkanes of at least 4 members (excludes halogenated alkanes) is 3. The Bertz CT molecular complexity index is 736. The highest BCUT2D eigenvalue weighted by Crippen LogP contribution is 2.33. The Hall–Kier alpha value is -2.28. The van der Waals surface area contributed by atoms with Gasteiger partial charge < -0.3 is 24.2 Å². The molecule has 0 aliphatic carbocycles. The molecule has 1 aliphatic rings. The van der Waals surface area contributed by atoms with Crippen LogP contribution in [0, 0.1) is 0 Å². The summed E-state index contributed by atoms with van der Waals surface area (Å²) in [6, 6.07) is 3.95. The predicted octanol–water partition coefficient (Wildman–Crippen LogP) is 2.95. The number of hydrogen-bond acceptors (Lipinski definition) is 5. The smallest absolute Gasteiger partial charge is 0.242 e. The van der Waals surface area contributed by atoms with Crippen molar-refractivity contribution in [2.75, 3.05) is 54.5 Å². The fourth-order valence-electron chi connectivity index (χ4n) is 3.83. The lowest BCUT2D eigenvalue weighted by Gasteiger charge is -2.32. The minimum absolute atomic E-state index is 0.00102. The van der Waals surface area contributed by atoms with Gasteiger partial charge in [-0.15, -0.1) is 0 Å². The van der Waals surface area contributed by atoms with Gasteiger partial charge >= 0.3 is 0 Å². The molecule has 31 heavy (non-hydrogen) atoms. The van der Waals surface area contributed by atoms with E-state index in [1.165, 1.54) is 5.56 Å². The minimum Gasteiger partial charge on any atom is -0.493 e. The third-order valence-electron chi connectivity index (χ3n) is 5.81. The molecule has 0 fully saturated rings. The molecule has 2 amide bonds. The summed E-state index contributed by atoms with van der Waals surface area (Å²) in [5, 5.41) is 0. The summed E-state index contributed by atoms with van der Waals surface area (Å²) in [5.74, 6) is 1.46. The molecule has 0 unspecified atom stereocenters. The van der Waals surface area contributed by atoms with Crippen molar-refractivity contribution < 1.29 is 19.1 Å². The molecule has 2 rings (SSSR count). The van der Waals surface area contributed by atoms with E-state index in [1.54, 1.807) is 19.1 Å². The highest BCUT2D eigenvalue weighted by molar-refractivity contribution is 5.85. The molecule has 0 saturated carbocycles. The summed E-state index contributed by atoms with van der Waals surface area (Å²) in [5.41, 5.74) is 2.25. The zero-order valence-electron chi connectivity index (χ0n) is 19.9. The number of hydrogen-bond donors (Lipinski definition) is 0. The van der Waals surface area contributed by atoms with Gasteiger partial charge in [0.2, 0.25) is 11.8 Å². The van der Waals surface area contributed by atoms with Gasteiger partial charge in [-0.25, -0.2) is 0 Å². The van der Waals surface area contributed by atoms with Crippen LogP contribution in [0.25, 0.3) is 0 Å². The van der Waals surface area contributed by atoms with E-state index in [0.717, 1.165) is 44.2 Å². The average Bonchev–Trinajstić information content (AvgIpc) is 2.77. The molecular formula is C24H39N3O4. The summed E-state index contributed by atoms with van der Waals surface area (Å²) in [6.07, 6.45) is 5.52. The number of likely N-dealkylation sites (N-methyl/N-ethyl adjacent to an activating group) is 1. The zero-order valence-corrected chi connectivity index (χ0v) is 19.9. The van der Waals surface area contributed by atoms with Crippen LogP contribution in [0.5, 0.6) is 11.5 Å². The van der Waals surface area contributed by atoms with Crippen LogP contribution in [0.3, 0.4) is 0 Å². The van der Waals surface area contributed by atoms with Crippen molar-refractivity contribution in [1.29, 1.82) is 0 Å². The van der Waals surface area contributed by atoms with Gasteiger partial charge in [0, 0.05) is 32.6 Å². The van der Waals surface area contributed by atoms with Gasteiger partial charge in [-0.1, -0.05) is 26.2 Å². The van der Waals surface area contributed by atoms with Crippen molar-refractivity contribution in [3.63, 3.8) is 0 Å². The predicted molar refractivity (Wildman–Crippen MR) is 123 cm³/mol. The van der Waals surface area contributed by atoms with Crippen LogP contribution in [0.15, 0.2) is 12.1 Å². The lowest BCUT2D eigenvalue weighted by Crippen LogP contribution is -2.46. The van der Waals surface area contributed by atoms with Crippen LogP contribution < -0.4 is 9.47 Å². The minimum atomic E-state index is 0.00102. The third-order valence-corrected chi connectivity index (χ3v) is 5.81. The molecule has 1 aliphatic heterocycles. The number of benzene rings is 1. The molecule has 0 aromatic heterocycles. The van der Waals surface area contributed by atoms with Crippen LogP contribution in [-0.2, 0) is 22.6 Å². The molecule has 0 bridgehead atoms. The summed E-state index contributed by atoms with van der Waals surface area (Å²) in [7, 11) is 7.21. The van der Waals surface area contributed by atoms with E-state index in [0.29, 0.717) is 37.6 Å². The van der Waals surface area contributed by atoms with Crippen LogP contribution >= 0.6 is 0 Å². The maximum Gasteiger partial charge on any atom is 0.242 e. The molecule has 7 heteroatoms. The summed E-state index contributed by atoms with van der Waals surface area (Å²) in [6.45, 7) is 4.79. The number of carbonyl (C=O) groups is 2. The first-order chi connectivity index (χ1) is 14.9. The SMILES string of the molecule is CCCCCCC(=O)N(CCN(C)C)CC(=O)N1CCc2cc(OC)c(OC)cc2C1. The molecule has 174 valence electrons. The topological polar surface area (TPSA) is 62.3 Å². The fraction of sp³-hybridized carbons (Fsp3) is 0.667. The van der Waals surface area contributed by atoms with Gasteiger partial charge in [0.1, 0.15) is 0 Å². The molecule has 1 heterocycles. The Balaban J connectivity index is 2.03. The van der Waals surface area contributed by atoms with Gasteiger partial charge in [-0.3, -0.25) is 9.59 Å². The van der Waals surface area contributed by atoms with E-state index >= 15 is 0 Å². The first-order valence-corrected chi connectivity index (χ1v) is 11.3. The molecule has 0 atom stereocenters. The van der Waals surface area contributed by atoms with Gasteiger partial charge in [-0.2, -0.15) is 0 Å². The molecule has 7 nitrogen and oxygen atoms in total. The van der Waals surface area contributed by atoms with Crippen molar-refractivity contribution in [2.24, 2.45) is 0 Å². The Kier molecular flexibility index (Phi) is 10.1. The maximum atomic E-state index is 13.1. The van der Waals surface area contributed by atoms with Crippen LogP contribution in [-0.4, -0.2) is 81.0 Å². The lowest BCUT2D eigenvalue weighted by atomic mass is 9.98. The lowest BCUT2D eigenvalue weighted by molar-refractivity contribution is -0.141. The first kappa shape index (κ1) is 25.0. The van der Waals surface area contributed by atoms with E-state index in [-0.39, 0.29) is 18.4 Å². The standard InChI is InChI=1S/C24H39N3O4/c1-6-7-8-9-10-23(28)27(14-13-25(2)3)18-24(29)26-12-11-19-15-21(30-4)22(31-5)16-20(19)17-26/h15-16H,6-14,17-18H2,1-5H3. The Labute approximate surface area is 187 Å². The van der Waals surface area contributed by atoms with Crippen LogP contribution in [0.2, 0.25) is 0 Å². The largest absolute Gasteiger partial charge is 0.493 e. The molecule has 0 radical (unpaired) electrons. The number of ether oxygens (including phenoxy) is 2. The molecule has 0 saturated heterocycles. The van der Waals surface area contributed by atoms with Crippen molar-refractivity contribution >= 4 is 11.8 Å². The quantitative estimate of drug-likeness (QED) is 0.474. The maximum absolute atomic E-state index is 13.1. The van der Waals surface area contributed by atoms with E-state index < -0.39 is 0 Å². The monoisotopic (exact) mass is 433 g/mol. The van der Waals surface area contributed by atoms with Crippen molar-refractivity contribution in [3.8, 4) is 11.5 Å². The average molecular weight is 434 g/mol. The van der Waals surface area contributed by atoms with Crippen molar-refractivity contribution in [3.05, 3.63) is 23.3 Å². The van der Waals surface area contributed by atoms with Gasteiger partial charge in [-0.05, 0) is 50.2 Å². The fourth-order valence-corrected chi connectivity index (χ4v) is 3.83. The van der Waals surface area contributed by atoms with Crippen molar-refractivity contribution in [1.82, 2.24) is 14.7 Å². The van der Waals surface area contributed by atoms with E-state index in [1.807, 2.05) is 36.0 Å². The third kappa shape index (κ3) is 7.42. The normalized spacial score (nSPS) is 13.2. The second-order valence-corrected chi connectivity index (χ2v) is 8.47. The number of carbonyl (C=O) groups excluding carboxylic acids is 2. The highest BCUT2D eigenvalue weighted by atomic mass is 16.5. The van der Waals surface area contributed by atoms with Gasteiger partial charge in [0.05, 0.1) is 20.8 Å². The first-order valence-electron chi connectivity index (χ1n) is 11.3. The van der Waals surface area contributed by atoms with Gasteiger partial charge in [0.15, 0.2) is 11.5 Å². The van der Waals surface area contributed by atoms with E-state index in [9.17, 15) is 9.59 Å². The number of methoxy groups -OCH3 is 2. The van der Waals surface area contributed by atoms with E-state index in [4.69, 9.17) is 9.47 Å². The number of rotatable bonds is 12. The molecule has 0 spiro atoms. The van der Waals surface area contributed by atoms with Crippen LogP contribution in [0.4, 0.5) is 0 Å². The van der Waals surface area contributed by atoms with Crippen LogP contribution in [0.1, 0.15) is 50.2 Å². The molecular weight excluding hydrogens is 394 g/mol. The Morgan fingerprint density at radius 3 is 2.29 bits per heavy atom. The summed E-state index contributed by atoms with van der Waals surface area (Å²) in [4.78, 5) is 31.5. The Morgan fingerprint density at radius 2 is 1.68 bits per heavy atom. The number of amides is 2.